The highest BCUT2D eigenvalue weighted by molar-refractivity contribution is 6.30. The van der Waals surface area contributed by atoms with Crippen LogP contribution in [0.3, 0.4) is 0 Å². The molecule has 0 atom stereocenters. The van der Waals surface area contributed by atoms with Crippen LogP contribution in [0.1, 0.15) is 5.56 Å². The van der Waals surface area contributed by atoms with Gasteiger partial charge < -0.3 is 15.0 Å². The molecule has 0 unspecified atom stereocenters. The number of nitrogens with one attached hydrogen (secondary N) is 1. The average molecular weight is 368 g/mol. The number of anilines is 2. The van der Waals surface area contributed by atoms with E-state index in [2.05, 4.69) is 10.2 Å². The topological polar surface area (TPSA) is 65.4 Å². The average Bonchev–Trinajstić information content (AvgIpc) is 2.67. The summed E-state index contributed by atoms with van der Waals surface area (Å²) in [5.41, 5.74) is 2.44. The first-order valence-corrected chi connectivity index (χ1v) is 8.65. The lowest BCUT2D eigenvalue weighted by atomic mass is 10.1. The quantitative estimate of drug-likeness (QED) is 0.660. The molecule has 1 saturated heterocycles. The third-order valence-electron chi connectivity index (χ3n) is 4.03. The van der Waals surface area contributed by atoms with Gasteiger partial charge in [-0.25, -0.2) is 0 Å². The van der Waals surface area contributed by atoms with Gasteiger partial charge in [-0.15, -0.1) is 0 Å². The molecule has 1 aliphatic heterocycles. The zero-order valence-electron chi connectivity index (χ0n) is 14.1. The van der Waals surface area contributed by atoms with Gasteiger partial charge in [0.05, 0.1) is 13.2 Å². The van der Waals surface area contributed by atoms with Crippen LogP contribution >= 0.6 is 11.6 Å². The monoisotopic (exact) mass is 367 g/mol. The Labute approximate surface area is 157 Å². The van der Waals surface area contributed by atoms with E-state index in [0.29, 0.717) is 16.3 Å². The van der Waals surface area contributed by atoms with Gasteiger partial charge in [0.25, 0.3) is 5.91 Å². The number of ether oxygens (including phenoxy) is 1. The standard InChI is InChI=1S/C20H18ClN3O2/c21-17-3-1-2-15(13-17)12-16(14-22)20(25)23-18-4-6-19(7-5-18)24-8-10-26-11-9-24/h1-7,12-13H,8-11H2,(H,23,25)/b16-12+. The summed E-state index contributed by atoms with van der Waals surface area (Å²) in [5, 5.41) is 12.6. The lowest BCUT2D eigenvalue weighted by molar-refractivity contribution is -0.112. The molecule has 6 heteroatoms. The van der Waals surface area contributed by atoms with E-state index < -0.39 is 5.91 Å². The van der Waals surface area contributed by atoms with Crippen LogP contribution < -0.4 is 10.2 Å². The molecule has 0 spiro atoms. The molecule has 0 bridgehead atoms. The molecule has 1 heterocycles. The third kappa shape index (κ3) is 4.63. The Morgan fingerprint density at radius 3 is 2.58 bits per heavy atom. The number of hydrogen-bond donors (Lipinski definition) is 1. The number of rotatable bonds is 4. The Kier molecular flexibility index (Phi) is 5.90. The molecule has 1 amide bonds. The number of hydrogen-bond acceptors (Lipinski definition) is 4. The lowest BCUT2D eigenvalue weighted by Gasteiger charge is -2.28. The third-order valence-corrected chi connectivity index (χ3v) is 4.26. The lowest BCUT2D eigenvalue weighted by Crippen LogP contribution is -2.36. The van der Waals surface area contributed by atoms with Crippen LogP contribution in [0.2, 0.25) is 5.02 Å². The zero-order chi connectivity index (χ0) is 18.4. The number of nitriles is 1. The first kappa shape index (κ1) is 18.0. The zero-order valence-corrected chi connectivity index (χ0v) is 14.9. The number of benzene rings is 2. The molecule has 1 fully saturated rings. The van der Waals surface area contributed by atoms with Gasteiger partial charge in [0, 0.05) is 29.5 Å². The molecule has 0 radical (unpaired) electrons. The summed E-state index contributed by atoms with van der Waals surface area (Å²) in [6.45, 7) is 3.15. The Balaban J connectivity index is 1.69. The summed E-state index contributed by atoms with van der Waals surface area (Å²) in [5.74, 6) is -0.452. The summed E-state index contributed by atoms with van der Waals surface area (Å²) in [6, 6.07) is 16.5. The second-order valence-electron chi connectivity index (χ2n) is 5.83. The smallest absolute Gasteiger partial charge is 0.266 e. The maximum Gasteiger partial charge on any atom is 0.266 e. The molecular formula is C20H18ClN3O2. The van der Waals surface area contributed by atoms with Crippen LogP contribution in [0.25, 0.3) is 6.08 Å². The van der Waals surface area contributed by atoms with Crippen LogP contribution in [0, 0.1) is 11.3 Å². The highest BCUT2D eigenvalue weighted by Crippen LogP contribution is 2.20. The van der Waals surface area contributed by atoms with Crippen molar-refractivity contribution in [3.63, 3.8) is 0 Å². The molecule has 132 valence electrons. The number of halogens is 1. The summed E-state index contributed by atoms with van der Waals surface area (Å²) in [6.07, 6.45) is 1.52. The summed E-state index contributed by atoms with van der Waals surface area (Å²) >= 11 is 5.94. The molecule has 2 aromatic carbocycles. The fraction of sp³-hybridized carbons (Fsp3) is 0.200. The van der Waals surface area contributed by atoms with Gasteiger partial charge in [0.15, 0.2) is 0 Å². The molecule has 2 aromatic rings. The van der Waals surface area contributed by atoms with E-state index in [1.54, 1.807) is 24.3 Å². The molecule has 0 saturated carbocycles. The normalized spacial score (nSPS) is 14.6. The Bertz CT molecular complexity index is 850. The number of carbonyl (C=O) groups is 1. The van der Waals surface area contributed by atoms with Gasteiger partial charge in [-0.3, -0.25) is 4.79 Å². The fourth-order valence-corrected chi connectivity index (χ4v) is 2.89. The van der Waals surface area contributed by atoms with Crippen molar-refractivity contribution in [1.82, 2.24) is 0 Å². The molecule has 0 aliphatic carbocycles. The first-order valence-electron chi connectivity index (χ1n) is 8.27. The van der Waals surface area contributed by atoms with Gasteiger partial charge in [0.2, 0.25) is 0 Å². The summed E-state index contributed by atoms with van der Waals surface area (Å²) in [4.78, 5) is 14.6. The van der Waals surface area contributed by atoms with E-state index in [9.17, 15) is 10.1 Å². The molecule has 3 rings (SSSR count). The van der Waals surface area contributed by atoms with E-state index in [1.165, 1.54) is 6.08 Å². The van der Waals surface area contributed by atoms with E-state index in [0.717, 1.165) is 32.0 Å². The molecule has 0 aromatic heterocycles. The van der Waals surface area contributed by atoms with Crippen molar-refractivity contribution in [3.05, 3.63) is 64.7 Å². The minimum atomic E-state index is -0.452. The molecule has 1 N–H and O–H groups in total. The van der Waals surface area contributed by atoms with Crippen LogP contribution in [0.5, 0.6) is 0 Å². The highest BCUT2D eigenvalue weighted by atomic mass is 35.5. The van der Waals surface area contributed by atoms with Crippen molar-refractivity contribution in [2.24, 2.45) is 0 Å². The number of amides is 1. The molecule has 5 nitrogen and oxygen atoms in total. The van der Waals surface area contributed by atoms with Crippen molar-refractivity contribution in [1.29, 1.82) is 5.26 Å². The minimum Gasteiger partial charge on any atom is -0.378 e. The van der Waals surface area contributed by atoms with Gasteiger partial charge in [-0.1, -0.05) is 23.7 Å². The van der Waals surface area contributed by atoms with Crippen molar-refractivity contribution in [3.8, 4) is 6.07 Å². The number of carbonyl (C=O) groups excluding carboxylic acids is 1. The fourth-order valence-electron chi connectivity index (χ4n) is 2.69. The van der Waals surface area contributed by atoms with Crippen LogP contribution in [0.15, 0.2) is 54.1 Å². The van der Waals surface area contributed by atoms with Crippen molar-refractivity contribution in [2.45, 2.75) is 0 Å². The largest absolute Gasteiger partial charge is 0.378 e. The predicted octanol–water partition coefficient (Wildman–Crippen LogP) is 3.72. The predicted molar refractivity (Wildman–Crippen MR) is 103 cm³/mol. The molecule has 26 heavy (non-hydrogen) atoms. The summed E-state index contributed by atoms with van der Waals surface area (Å²) < 4.78 is 5.35. The number of nitrogens with zero attached hydrogens (tertiary/aromatic N) is 2. The first-order chi connectivity index (χ1) is 12.7. The van der Waals surface area contributed by atoms with Crippen LogP contribution in [0.4, 0.5) is 11.4 Å². The van der Waals surface area contributed by atoms with Crippen LogP contribution in [-0.4, -0.2) is 32.2 Å². The maximum absolute atomic E-state index is 12.4. The maximum atomic E-state index is 12.4. The Hall–Kier alpha value is -2.81. The van der Waals surface area contributed by atoms with E-state index >= 15 is 0 Å². The van der Waals surface area contributed by atoms with Gasteiger partial charge in [0.1, 0.15) is 11.6 Å². The Morgan fingerprint density at radius 2 is 1.92 bits per heavy atom. The molecule has 1 aliphatic rings. The Morgan fingerprint density at radius 1 is 1.19 bits per heavy atom. The van der Waals surface area contributed by atoms with Crippen molar-refractivity contribution in [2.75, 3.05) is 36.5 Å². The van der Waals surface area contributed by atoms with Gasteiger partial charge in [-0.05, 0) is 48.0 Å². The van der Waals surface area contributed by atoms with E-state index in [1.807, 2.05) is 30.3 Å². The van der Waals surface area contributed by atoms with E-state index in [4.69, 9.17) is 16.3 Å². The summed E-state index contributed by atoms with van der Waals surface area (Å²) in [7, 11) is 0. The second kappa shape index (κ2) is 8.52. The highest BCUT2D eigenvalue weighted by Gasteiger charge is 2.12. The van der Waals surface area contributed by atoms with Crippen molar-refractivity contribution >= 4 is 35.0 Å². The van der Waals surface area contributed by atoms with Crippen LogP contribution in [-0.2, 0) is 9.53 Å². The SMILES string of the molecule is N#C/C(=C\c1cccc(Cl)c1)C(=O)Nc1ccc(N2CCOCC2)cc1. The molecular weight excluding hydrogens is 350 g/mol. The second-order valence-corrected chi connectivity index (χ2v) is 6.26. The number of morpholine rings is 1. The van der Waals surface area contributed by atoms with E-state index in [-0.39, 0.29) is 5.57 Å². The van der Waals surface area contributed by atoms with Gasteiger partial charge >= 0.3 is 0 Å². The van der Waals surface area contributed by atoms with Gasteiger partial charge in [-0.2, -0.15) is 5.26 Å². The van der Waals surface area contributed by atoms with Crippen molar-refractivity contribution < 1.29 is 9.53 Å². The minimum absolute atomic E-state index is 0.0181.